The van der Waals surface area contributed by atoms with Crippen LogP contribution in [0.2, 0.25) is 0 Å². The zero-order valence-electron chi connectivity index (χ0n) is 17.3. The molecule has 0 saturated carbocycles. The zero-order valence-corrected chi connectivity index (χ0v) is 18.1. The fourth-order valence-electron chi connectivity index (χ4n) is 3.37. The number of hydrogen-bond acceptors (Lipinski definition) is 7. The quantitative estimate of drug-likeness (QED) is 0.666. The molecule has 9 nitrogen and oxygen atoms in total. The van der Waals surface area contributed by atoms with Crippen molar-refractivity contribution in [3.8, 4) is 0 Å². The third-order valence-electron chi connectivity index (χ3n) is 5.00. The molecule has 0 spiro atoms. The first-order chi connectivity index (χ1) is 14.3. The molecule has 158 valence electrons. The number of sulfonamides is 1. The standard InChI is InChI=1S/C20H25N7O2S/c1-15-4-6-17(7-5-15)24-18-12-19(23-16(2)22-18)26-8-10-27(11-9-26)30(28,29)20-13-25(3)14-21-20/h4-7,12-14H,8-11H2,1-3H3,(H,22,23,24). The van der Waals surface area contributed by atoms with Crippen LogP contribution >= 0.6 is 0 Å². The number of rotatable bonds is 5. The Kier molecular flexibility index (Phi) is 5.44. The van der Waals surface area contributed by atoms with Crippen LogP contribution in [0.5, 0.6) is 0 Å². The summed E-state index contributed by atoms with van der Waals surface area (Å²) >= 11 is 0. The van der Waals surface area contributed by atoms with Crippen molar-refractivity contribution in [3.05, 3.63) is 54.2 Å². The summed E-state index contributed by atoms with van der Waals surface area (Å²) in [6.45, 7) is 5.75. The Hall–Kier alpha value is -2.98. The van der Waals surface area contributed by atoms with E-state index in [-0.39, 0.29) is 5.03 Å². The summed E-state index contributed by atoms with van der Waals surface area (Å²) in [6, 6.07) is 9.99. The zero-order chi connectivity index (χ0) is 21.3. The second kappa shape index (κ2) is 8.04. The summed E-state index contributed by atoms with van der Waals surface area (Å²) in [7, 11) is -1.82. The fourth-order valence-corrected chi connectivity index (χ4v) is 4.76. The molecule has 0 bridgehead atoms. The maximum absolute atomic E-state index is 12.8. The van der Waals surface area contributed by atoms with E-state index in [1.807, 2.05) is 44.2 Å². The van der Waals surface area contributed by atoms with Crippen molar-refractivity contribution in [3.63, 3.8) is 0 Å². The van der Waals surface area contributed by atoms with Crippen LogP contribution in [0.25, 0.3) is 0 Å². The van der Waals surface area contributed by atoms with Crippen molar-refractivity contribution in [2.24, 2.45) is 7.05 Å². The van der Waals surface area contributed by atoms with Gasteiger partial charge in [0.1, 0.15) is 17.5 Å². The lowest BCUT2D eigenvalue weighted by Crippen LogP contribution is -2.49. The topological polar surface area (TPSA) is 96.2 Å². The molecule has 10 heteroatoms. The van der Waals surface area contributed by atoms with E-state index in [2.05, 4.69) is 25.2 Å². The normalized spacial score (nSPS) is 15.4. The monoisotopic (exact) mass is 427 g/mol. The third kappa shape index (κ3) is 4.29. The molecule has 1 saturated heterocycles. The minimum absolute atomic E-state index is 0.0842. The van der Waals surface area contributed by atoms with Crippen LogP contribution in [-0.4, -0.2) is 58.4 Å². The van der Waals surface area contributed by atoms with E-state index in [0.29, 0.717) is 37.8 Å². The molecule has 0 atom stereocenters. The van der Waals surface area contributed by atoms with Gasteiger partial charge in [0.15, 0.2) is 5.03 Å². The van der Waals surface area contributed by atoms with Crippen LogP contribution in [0.15, 0.2) is 47.9 Å². The molecule has 3 aromatic rings. The lowest BCUT2D eigenvalue weighted by Gasteiger charge is -2.34. The number of aryl methyl sites for hydroxylation is 3. The molecule has 2 aromatic heterocycles. The van der Waals surface area contributed by atoms with Gasteiger partial charge in [0, 0.05) is 51.2 Å². The molecular weight excluding hydrogens is 402 g/mol. The van der Waals surface area contributed by atoms with Gasteiger partial charge in [0.25, 0.3) is 10.0 Å². The molecule has 1 aromatic carbocycles. The molecule has 0 amide bonds. The first-order valence-electron chi connectivity index (χ1n) is 9.74. The van der Waals surface area contributed by atoms with Crippen LogP contribution in [0.3, 0.4) is 0 Å². The SMILES string of the molecule is Cc1ccc(Nc2cc(N3CCN(S(=O)(=O)c4cn(C)cn4)CC3)nc(C)n2)cc1. The van der Waals surface area contributed by atoms with E-state index < -0.39 is 10.0 Å². The Balaban J connectivity index is 1.47. The molecule has 0 radical (unpaired) electrons. The fraction of sp³-hybridized carbons (Fsp3) is 0.350. The lowest BCUT2D eigenvalue weighted by molar-refractivity contribution is 0.382. The van der Waals surface area contributed by atoms with Gasteiger partial charge >= 0.3 is 0 Å². The van der Waals surface area contributed by atoms with Crippen molar-refractivity contribution in [1.29, 1.82) is 0 Å². The van der Waals surface area contributed by atoms with E-state index in [9.17, 15) is 8.42 Å². The minimum Gasteiger partial charge on any atom is -0.354 e. The first kappa shape index (κ1) is 20.3. The van der Waals surface area contributed by atoms with Gasteiger partial charge in [-0.2, -0.15) is 4.31 Å². The van der Waals surface area contributed by atoms with E-state index in [1.54, 1.807) is 11.6 Å². The number of nitrogens with one attached hydrogen (secondary N) is 1. The Morgan fingerprint density at radius 3 is 2.33 bits per heavy atom. The summed E-state index contributed by atoms with van der Waals surface area (Å²) in [5.41, 5.74) is 2.15. The maximum Gasteiger partial charge on any atom is 0.262 e. The highest BCUT2D eigenvalue weighted by Gasteiger charge is 2.30. The average molecular weight is 428 g/mol. The molecule has 1 N–H and O–H groups in total. The molecular formula is C20H25N7O2S. The Morgan fingerprint density at radius 2 is 1.70 bits per heavy atom. The summed E-state index contributed by atoms with van der Waals surface area (Å²) in [6.07, 6.45) is 3.02. The van der Waals surface area contributed by atoms with E-state index in [4.69, 9.17) is 0 Å². The Morgan fingerprint density at radius 1 is 1.00 bits per heavy atom. The van der Waals surface area contributed by atoms with Gasteiger partial charge in [-0.25, -0.2) is 23.4 Å². The largest absolute Gasteiger partial charge is 0.354 e. The van der Waals surface area contributed by atoms with Crippen molar-refractivity contribution in [2.75, 3.05) is 36.4 Å². The molecule has 30 heavy (non-hydrogen) atoms. The molecule has 1 aliphatic rings. The molecule has 0 aliphatic carbocycles. The second-order valence-corrected chi connectivity index (χ2v) is 9.30. The number of hydrogen-bond donors (Lipinski definition) is 1. The second-order valence-electron chi connectivity index (χ2n) is 7.42. The number of imidazole rings is 1. The summed E-state index contributed by atoms with van der Waals surface area (Å²) in [4.78, 5) is 15.1. The van der Waals surface area contributed by atoms with Crippen LogP contribution in [0.1, 0.15) is 11.4 Å². The van der Waals surface area contributed by atoms with Crippen LogP contribution in [-0.2, 0) is 17.1 Å². The van der Waals surface area contributed by atoms with Crippen molar-refractivity contribution in [2.45, 2.75) is 18.9 Å². The van der Waals surface area contributed by atoms with Crippen molar-refractivity contribution in [1.82, 2.24) is 23.8 Å². The number of aromatic nitrogens is 4. The van der Waals surface area contributed by atoms with E-state index in [0.717, 1.165) is 11.5 Å². The summed E-state index contributed by atoms with van der Waals surface area (Å²) in [5.74, 6) is 2.16. The number of benzene rings is 1. The van der Waals surface area contributed by atoms with Gasteiger partial charge in [0.2, 0.25) is 0 Å². The van der Waals surface area contributed by atoms with Crippen LogP contribution in [0.4, 0.5) is 17.3 Å². The van der Waals surface area contributed by atoms with Gasteiger partial charge in [-0.15, -0.1) is 0 Å². The van der Waals surface area contributed by atoms with Gasteiger partial charge in [-0.3, -0.25) is 0 Å². The van der Waals surface area contributed by atoms with Gasteiger partial charge < -0.3 is 14.8 Å². The summed E-state index contributed by atoms with van der Waals surface area (Å²) < 4.78 is 28.7. The maximum atomic E-state index is 12.8. The summed E-state index contributed by atoms with van der Waals surface area (Å²) in [5, 5.41) is 3.40. The number of nitrogens with zero attached hydrogens (tertiary/aromatic N) is 6. The Labute approximate surface area is 176 Å². The minimum atomic E-state index is -3.58. The highest BCUT2D eigenvalue weighted by molar-refractivity contribution is 7.89. The lowest BCUT2D eigenvalue weighted by atomic mass is 10.2. The molecule has 4 rings (SSSR count). The van der Waals surface area contributed by atoms with E-state index >= 15 is 0 Å². The van der Waals surface area contributed by atoms with Crippen LogP contribution in [0, 0.1) is 13.8 Å². The van der Waals surface area contributed by atoms with Crippen molar-refractivity contribution < 1.29 is 8.42 Å². The van der Waals surface area contributed by atoms with Gasteiger partial charge in [-0.1, -0.05) is 17.7 Å². The number of anilines is 3. The van der Waals surface area contributed by atoms with Gasteiger partial charge in [-0.05, 0) is 26.0 Å². The average Bonchev–Trinajstić information content (AvgIpc) is 3.17. The number of piperazine rings is 1. The third-order valence-corrected chi connectivity index (χ3v) is 6.78. The first-order valence-corrected chi connectivity index (χ1v) is 11.2. The predicted molar refractivity (Wildman–Crippen MR) is 115 cm³/mol. The highest BCUT2D eigenvalue weighted by atomic mass is 32.2. The molecule has 1 aliphatic heterocycles. The molecule has 3 heterocycles. The smallest absolute Gasteiger partial charge is 0.262 e. The van der Waals surface area contributed by atoms with Gasteiger partial charge in [0.05, 0.1) is 6.33 Å². The van der Waals surface area contributed by atoms with Crippen molar-refractivity contribution >= 4 is 27.3 Å². The molecule has 0 unspecified atom stereocenters. The predicted octanol–water partition coefficient (Wildman–Crippen LogP) is 2.08. The molecule has 1 fully saturated rings. The Bertz CT molecular complexity index is 1130. The van der Waals surface area contributed by atoms with E-state index in [1.165, 1.54) is 22.4 Å². The van der Waals surface area contributed by atoms with Crippen LogP contribution < -0.4 is 10.2 Å². The highest BCUT2D eigenvalue weighted by Crippen LogP contribution is 2.23.